The van der Waals surface area contributed by atoms with E-state index in [0.717, 1.165) is 10.1 Å². The van der Waals surface area contributed by atoms with Gasteiger partial charge in [0.1, 0.15) is 0 Å². The van der Waals surface area contributed by atoms with Crippen LogP contribution in [0.25, 0.3) is 0 Å². The van der Waals surface area contributed by atoms with Crippen molar-refractivity contribution in [3.63, 3.8) is 0 Å². The van der Waals surface area contributed by atoms with Gasteiger partial charge < -0.3 is 10.2 Å². The van der Waals surface area contributed by atoms with Gasteiger partial charge in [-0.3, -0.25) is 4.79 Å². The van der Waals surface area contributed by atoms with E-state index in [4.69, 9.17) is 11.6 Å². The van der Waals surface area contributed by atoms with Crippen molar-refractivity contribution in [2.45, 2.75) is 19.9 Å². The van der Waals surface area contributed by atoms with Gasteiger partial charge in [-0.1, -0.05) is 11.6 Å². The Morgan fingerprint density at radius 3 is 2.78 bits per heavy atom. The third-order valence-electron chi connectivity index (χ3n) is 2.80. The number of rotatable bonds is 5. The van der Waals surface area contributed by atoms with Crippen molar-refractivity contribution >= 4 is 40.1 Å². The van der Waals surface area contributed by atoms with Crippen molar-refractivity contribution in [1.82, 2.24) is 10.2 Å². The standard InChI is InChI=1S/C13H18ClIN2O/c1-9(2)17(3)7-6-16-13(18)11-8-10(14)4-5-12(11)15/h4-5,8-9H,6-7H2,1-3H3,(H,16,18). The van der Waals surface area contributed by atoms with Gasteiger partial charge in [0.2, 0.25) is 0 Å². The predicted octanol–water partition coefficient (Wildman–Crippen LogP) is 3.01. The molecule has 3 nitrogen and oxygen atoms in total. The van der Waals surface area contributed by atoms with Crippen LogP contribution in [0.4, 0.5) is 0 Å². The van der Waals surface area contributed by atoms with Crippen LogP contribution in [0.3, 0.4) is 0 Å². The molecule has 5 heteroatoms. The Balaban J connectivity index is 2.53. The minimum Gasteiger partial charge on any atom is -0.351 e. The molecule has 0 saturated heterocycles. The van der Waals surface area contributed by atoms with E-state index in [0.29, 0.717) is 23.2 Å². The molecular weight excluding hydrogens is 363 g/mol. The Bertz CT molecular complexity index is 423. The van der Waals surface area contributed by atoms with Gasteiger partial charge in [0, 0.05) is 27.7 Å². The van der Waals surface area contributed by atoms with Gasteiger partial charge in [0.15, 0.2) is 0 Å². The molecule has 0 aliphatic carbocycles. The first-order chi connectivity index (χ1) is 8.41. The van der Waals surface area contributed by atoms with Crippen LogP contribution >= 0.6 is 34.2 Å². The summed E-state index contributed by atoms with van der Waals surface area (Å²) >= 11 is 8.03. The lowest BCUT2D eigenvalue weighted by Crippen LogP contribution is -2.36. The number of carbonyl (C=O) groups is 1. The molecule has 0 aliphatic rings. The minimum absolute atomic E-state index is 0.0703. The van der Waals surface area contributed by atoms with E-state index in [9.17, 15) is 4.79 Å². The number of hydrogen-bond donors (Lipinski definition) is 1. The number of likely N-dealkylation sites (N-methyl/N-ethyl adjacent to an activating group) is 1. The Labute approximate surface area is 127 Å². The lowest BCUT2D eigenvalue weighted by Gasteiger charge is -2.20. The molecule has 18 heavy (non-hydrogen) atoms. The fourth-order valence-electron chi connectivity index (χ4n) is 1.37. The first kappa shape index (κ1) is 15.7. The maximum atomic E-state index is 12.0. The molecule has 0 aliphatic heterocycles. The summed E-state index contributed by atoms with van der Waals surface area (Å²) in [6.07, 6.45) is 0. The molecule has 0 saturated carbocycles. The Morgan fingerprint density at radius 2 is 2.17 bits per heavy atom. The first-order valence-corrected chi connectivity index (χ1v) is 7.31. The van der Waals surface area contributed by atoms with E-state index in [1.54, 1.807) is 12.1 Å². The molecule has 1 rings (SSSR count). The van der Waals surface area contributed by atoms with Gasteiger partial charge in [-0.15, -0.1) is 0 Å². The van der Waals surface area contributed by atoms with Gasteiger partial charge in [-0.2, -0.15) is 0 Å². The summed E-state index contributed by atoms with van der Waals surface area (Å²) in [6, 6.07) is 5.81. The summed E-state index contributed by atoms with van der Waals surface area (Å²) in [5.74, 6) is -0.0703. The molecule has 1 aromatic carbocycles. The van der Waals surface area contributed by atoms with Gasteiger partial charge in [0.25, 0.3) is 5.91 Å². The molecule has 0 atom stereocenters. The van der Waals surface area contributed by atoms with Crippen molar-refractivity contribution in [2.24, 2.45) is 0 Å². The van der Waals surface area contributed by atoms with E-state index in [1.807, 2.05) is 13.1 Å². The Kier molecular flexibility index (Phi) is 6.38. The molecule has 1 amide bonds. The van der Waals surface area contributed by atoms with Crippen LogP contribution in [0, 0.1) is 3.57 Å². The summed E-state index contributed by atoms with van der Waals surface area (Å²) in [6.45, 7) is 5.72. The number of halogens is 2. The van der Waals surface area contributed by atoms with Crippen molar-refractivity contribution in [2.75, 3.05) is 20.1 Å². The lowest BCUT2D eigenvalue weighted by atomic mass is 10.2. The molecule has 0 bridgehead atoms. The van der Waals surface area contributed by atoms with Crippen LogP contribution in [0.2, 0.25) is 5.02 Å². The third kappa shape index (κ3) is 4.74. The molecule has 0 radical (unpaired) electrons. The summed E-state index contributed by atoms with van der Waals surface area (Å²) in [7, 11) is 2.04. The summed E-state index contributed by atoms with van der Waals surface area (Å²) in [5.41, 5.74) is 0.635. The maximum absolute atomic E-state index is 12.0. The molecule has 0 heterocycles. The van der Waals surface area contributed by atoms with Gasteiger partial charge in [-0.05, 0) is 61.7 Å². The first-order valence-electron chi connectivity index (χ1n) is 5.85. The van der Waals surface area contributed by atoms with Crippen LogP contribution in [-0.2, 0) is 0 Å². The topological polar surface area (TPSA) is 32.3 Å². The van der Waals surface area contributed by atoms with Crippen LogP contribution in [0.5, 0.6) is 0 Å². The molecule has 0 spiro atoms. The Morgan fingerprint density at radius 1 is 1.50 bits per heavy atom. The Hall–Kier alpha value is -0.330. The van der Waals surface area contributed by atoms with E-state index in [2.05, 4.69) is 46.7 Å². The largest absolute Gasteiger partial charge is 0.351 e. The third-order valence-corrected chi connectivity index (χ3v) is 3.98. The number of carbonyl (C=O) groups excluding carboxylic acids is 1. The summed E-state index contributed by atoms with van der Waals surface area (Å²) < 4.78 is 0.909. The fourth-order valence-corrected chi connectivity index (χ4v) is 2.12. The van der Waals surface area contributed by atoms with Crippen molar-refractivity contribution in [3.8, 4) is 0 Å². The zero-order chi connectivity index (χ0) is 13.7. The van der Waals surface area contributed by atoms with Crippen molar-refractivity contribution in [3.05, 3.63) is 32.4 Å². The smallest absolute Gasteiger partial charge is 0.252 e. The second-order valence-corrected chi connectivity index (χ2v) is 6.05. The zero-order valence-corrected chi connectivity index (χ0v) is 13.7. The monoisotopic (exact) mass is 380 g/mol. The fraction of sp³-hybridized carbons (Fsp3) is 0.462. The van der Waals surface area contributed by atoms with Crippen molar-refractivity contribution < 1.29 is 4.79 Å². The van der Waals surface area contributed by atoms with Crippen LogP contribution < -0.4 is 5.32 Å². The number of amides is 1. The van der Waals surface area contributed by atoms with E-state index < -0.39 is 0 Å². The second kappa shape index (κ2) is 7.31. The molecule has 0 aromatic heterocycles. The highest BCUT2D eigenvalue weighted by atomic mass is 127. The SMILES string of the molecule is CC(C)N(C)CCNC(=O)c1cc(Cl)ccc1I. The predicted molar refractivity (Wildman–Crippen MR) is 84.3 cm³/mol. The van der Waals surface area contributed by atoms with Gasteiger partial charge in [0.05, 0.1) is 5.56 Å². The summed E-state index contributed by atoms with van der Waals surface area (Å²) in [4.78, 5) is 14.2. The lowest BCUT2D eigenvalue weighted by molar-refractivity contribution is 0.0947. The maximum Gasteiger partial charge on any atom is 0.252 e. The zero-order valence-electron chi connectivity index (χ0n) is 10.8. The summed E-state index contributed by atoms with van der Waals surface area (Å²) in [5, 5.41) is 3.49. The number of hydrogen-bond acceptors (Lipinski definition) is 2. The second-order valence-electron chi connectivity index (χ2n) is 4.45. The highest BCUT2D eigenvalue weighted by molar-refractivity contribution is 14.1. The molecule has 1 aromatic rings. The average molecular weight is 381 g/mol. The number of benzene rings is 1. The molecular formula is C13H18ClIN2O. The average Bonchev–Trinajstić information content (AvgIpc) is 2.31. The number of nitrogens with zero attached hydrogens (tertiary/aromatic N) is 1. The van der Waals surface area contributed by atoms with Crippen LogP contribution in [0.1, 0.15) is 24.2 Å². The van der Waals surface area contributed by atoms with Crippen LogP contribution in [-0.4, -0.2) is 37.0 Å². The highest BCUT2D eigenvalue weighted by Crippen LogP contribution is 2.17. The van der Waals surface area contributed by atoms with E-state index >= 15 is 0 Å². The molecule has 0 unspecified atom stereocenters. The normalized spacial score (nSPS) is 11.1. The van der Waals surface area contributed by atoms with Crippen molar-refractivity contribution in [1.29, 1.82) is 0 Å². The van der Waals surface area contributed by atoms with Gasteiger partial charge >= 0.3 is 0 Å². The molecule has 100 valence electrons. The van der Waals surface area contributed by atoms with E-state index in [-0.39, 0.29) is 5.91 Å². The minimum atomic E-state index is -0.0703. The highest BCUT2D eigenvalue weighted by Gasteiger charge is 2.10. The molecule has 0 fully saturated rings. The van der Waals surface area contributed by atoms with E-state index in [1.165, 1.54) is 0 Å². The molecule has 1 N–H and O–H groups in total. The van der Waals surface area contributed by atoms with Crippen LogP contribution in [0.15, 0.2) is 18.2 Å². The quantitative estimate of drug-likeness (QED) is 0.797. The number of nitrogens with one attached hydrogen (secondary N) is 1. The van der Waals surface area contributed by atoms with Gasteiger partial charge in [-0.25, -0.2) is 0 Å².